The quantitative estimate of drug-likeness (QED) is 0.143. The van der Waals surface area contributed by atoms with Crippen LogP contribution in [0.5, 0.6) is 0 Å². The second kappa shape index (κ2) is 15.1. The summed E-state index contributed by atoms with van der Waals surface area (Å²) in [6.45, 7) is 8.62. The number of nitrogens with one attached hydrogen (secondary N) is 1. The van der Waals surface area contributed by atoms with E-state index < -0.39 is 11.2 Å². The molecule has 3 rings (SSSR count). The van der Waals surface area contributed by atoms with Gasteiger partial charge in [-0.25, -0.2) is 4.98 Å². The highest BCUT2D eigenvalue weighted by Crippen LogP contribution is 2.43. The first-order valence-electron chi connectivity index (χ1n) is 15.5. The van der Waals surface area contributed by atoms with Gasteiger partial charge in [0, 0.05) is 5.92 Å². The molecule has 0 amide bonds. The Kier molecular flexibility index (Phi) is 12.2. The second-order valence-corrected chi connectivity index (χ2v) is 13.3. The molecule has 1 aliphatic rings. The maximum Gasteiger partial charge on any atom is 0.320 e. The Morgan fingerprint density at radius 1 is 1.02 bits per heavy atom. The number of quaternary nitrogens is 1. The lowest BCUT2D eigenvalue weighted by molar-refractivity contribution is -0.904. The minimum absolute atomic E-state index is 0.124. The fraction of sp³-hybridized carbons (Fsp3) is 0.697. The van der Waals surface area contributed by atoms with E-state index in [1.54, 1.807) is 0 Å². The average Bonchev–Trinajstić information content (AvgIpc) is 3.37. The van der Waals surface area contributed by atoms with Crippen LogP contribution < -0.4 is 5.32 Å². The number of benzene rings is 1. The van der Waals surface area contributed by atoms with Gasteiger partial charge in [0.2, 0.25) is 5.89 Å². The summed E-state index contributed by atoms with van der Waals surface area (Å²) in [6.07, 6.45) is 14.4. The smallest absolute Gasteiger partial charge is 0.320 e. The highest BCUT2D eigenvalue weighted by molar-refractivity contribution is 5.72. The molecule has 7 heteroatoms. The molecule has 1 aliphatic carbocycles. The minimum Gasteiger partial charge on any atom is -0.459 e. The van der Waals surface area contributed by atoms with Crippen LogP contribution in [0.2, 0.25) is 0 Å². The van der Waals surface area contributed by atoms with Crippen molar-refractivity contribution < 1.29 is 23.5 Å². The van der Waals surface area contributed by atoms with Crippen LogP contribution >= 0.6 is 0 Å². The Labute approximate surface area is 242 Å². The van der Waals surface area contributed by atoms with Crippen molar-refractivity contribution in [1.29, 1.82) is 0 Å². The predicted molar refractivity (Wildman–Crippen MR) is 160 cm³/mol. The molecule has 2 aromatic rings. The van der Waals surface area contributed by atoms with Gasteiger partial charge in [0.15, 0.2) is 11.4 Å². The summed E-state index contributed by atoms with van der Waals surface area (Å²) in [5, 5.41) is 15.2. The lowest BCUT2D eigenvalue weighted by atomic mass is 9.73. The van der Waals surface area contributed by atoms with Crippen LogP contribution in [0.25, 0.3) is 0 Å². The molecule has 0 saturated heterocycles. The van der Waals surface area contributed by atoms with Crippen LogP contribution in [0.1, 0.15) is 109 Å². The van der Waals surface area contributed by atoms with Crippen molar-refractivity contribution in [2.24, 2.45) is 5.92 Å². The van der Waals surface area contributed by atoms with Crippen LogP contribution in [0.3, 0.4) is 0 Å². The number of nitrogens with zero attached hydrogens (tertiary/aromatic N) is 2. The fourth-order valence-corrected chi connectivity index (χ4v) is 5.87. The number of esters is 1. The Bertz CT molecular complexity index is 1010. The zero-order valence-electron chi connectivity index (χ0n) is 25.7. The van der Waals surface area contributed by atoms with Crippen LogP contribution in [0.15, 0.2) is 40.9 Å². The van der Waals surface area contributed by atoms with E-state index in [4.69, 9.17) is 9.15 Å². The summed E-state index contributed by atoms with van der Waals surface area (Å²) in [4.78, 5) is 16.4. The third-order valence-electron chi connectivity index (χ3n) is 7.93. The van der Waals surface area contributed by atoms with E-state index in [1.165, 1.54) is 38.5 Å². The first-order valence-corrected chi connectivity index (χ1v) is 15.5. The van der Waals surface area contributed by atoms with Crippen molar-refractivity contribution in [2.45, 2.75) is 109 Å². The molecule has 0 radical (unpaired) electrons. The molecule has 7 nitrogen and oxygen atoms in total. The number of rotatable bonds is 16. The summed E-state index contributed by atoms with van der Waals surface area (Å²) in [6, 6.07) is 9.95. The first-order chi connectivity index (χ1) is 19.0. The SMILES string of the molecule is CC(C)(C)OC(=O)CNCCCCCCCC[N+](C)(C)Cc1cnc([C@](O)(c2ccccc2)C2CCCCC2)o1. The van der Waals surface area contributed by atoms with Crippen molar-refractivity contribution in [3.8, 4) is 0 Å². The molecule has 2 N–H and O–H groups in total. The van der Waals surface area contributed by atoms with E-state index >= 15 is 0 Å². The second-order valence-electron chi connectivity index (χ2n) is 13.3. The molecule has 1 heterocycles. The topological polar surface area (TPSA) is 84.6 Å². The number of aliphatic hydroxyl groups is 1. The molecule has 1 aromatic heterocycles. The maximum atomic E-state index is 12.1. The monoisotopic (exact) mass is 556 g/mol. The van der Waals surface area contributed by atoms with Gasteiger partial charge in [0.25, 0.3) is 0 Å². The molecule has 0 unspecified atom stereocenters. The summed E-state index contributed by atoms with van der Waals surface area (Å²) in [7, 11) is 4.48. The first kappa shape index (κ1) is 32.3. The van der Waals surface area contributed by atoms with Crippen molar-refractivity contribution in [2.75, 3.05) is 33.7 Å². The van der Waals surface area contributed by atoms with E-state index in [1.807, 2.05) is 57.3 Å². The van der Waals surface area contributed by atoms with E-state index in [9.17, 15) is 9.90 Å². The van der Waals surface area contributed by atoms with Crippen LogP contribution in [0, 0.1) is 5.92 Å². The molecule has 0 spiro atoms. The number of aromatic nitrogens is 1. The van der Waals surface area contributed by atoms with Crippen LogP contribution in [-0.2, 0) is 21.7 Å². The molecule has 224 valence electrons. The number of carbonyl (C=O) groups excluding carboxylic acids is 1. The molecule has 1 fully saturated rings. The number of carbonyl (C=O) groups is 1. The number of hydrogen-bond donors (Lipinski definition) is 2. The highest BCUT2D eigenvalue weighted by Gasteiger charge is 2.44. The summed E-state index contributed by atoms with van der Waals surface area (Å²) in [5.74, 6) is 1.22. The zero-order chi connectivity index (χ0) is 29.1. The summed E-state index contributed by atoms with van der Waals surface area (Å²) in [5.41, 5.74) is -0.725. The molecule has 1 saturated carbocycles. The predicted octanol–water partition coefficient (Wildman–Crippen LogP) is 6.34. The molecule has 40 heavy (non-hydrogen) atoms. The Morgan fingerprint density at radius 2 is 1.68 bits per heavy atom. The standard InChI is InChI=1S/C33H54N3O4/c1-32(2,3)40-30(37)25-34-22-16-8-6-7-9-17-23-36(4,5)26-29-24-35-31(39-29)33(38,27-18-12-10-13-19-27)28-20-14-11-15-21-28/h10,12-13,18-19,24,28,34,38H,6-9,11,14-17,20-23,25-26H2,1-5H3/q+1/t33-/m0/s1. The van der Waals surface area contributed by atoms with Gasteiger partial charge in [-0.3, -0.25) is 4.79 Å². The molecule has 1 aromatic carbocycles. The maximum absolute atomic E-state index is 12.1. The van der Waals surface area contributed by atoms with Crippen molar-refractivity contribution in [3.05, 3.63) is 53.7 Å². The number of ether oxygens (including phenoxy) is 1. The number of oxazole rings is 1. The van der Waals surface area contributed by atoms with E-state index in [0.29, 0.717) is 5.89 Å². The molecule has 0 bridgehead atoms. The highest BCUT2D eigenvalue weighted by atomic mass is 16.6. The van der Waals surface area contributed by atoms with Crippen molar-refractivity contribution in [1.82, 2.24) is 10.3 Å². The number of unbranched alkanes of at least 4 members (excludes halogenated alkanes) is 5. The normalized spacial score (nSPS) is 16.6. The third kappa shape index (κ3) is 10.3. The average molecular weight is 557 g/mol. The molecular weight excluding hydrogens is 502 g/mol. The molecule has 1 atom stereocenters. The van der Waals surface area contributed by atoms with E-state index in [0.717, 1.165) is 67.5 Å². The van der Waals surface area contributed by atoms with Crippen LogP contribution in [-0.4, -0.2) is 59.9 Å². The van der Waals surface area contributed by atoms with Crippen LogP contribution in [0.4, 0.5) is 0 Å². The Hall–Kier alpha value is -2.22. The Morgan fingerprint density at radius 3 is 2.35 bits per heavy atom. The van der Waals surface area contributed by atoms with Crippen molar-refractivity contribution >= 4 is 5.97 Å². The van der Waals surface area contributed by atoms with Gasteiger partial charge in [-0.05, 0) is 65.0 Å². The Balaban J connectivity index is 1.38. The minimum atomic E-state index is -1.18. The summed E-state index contributed by atoms with van der Waals surface area (Å²) < 4.78 is 12.5. The summed E-state index contributed by atoms with van der Waals surface area (Å²) >= 11 is 0. The van der Waals surface area contributed by atoms with Gasteiger partial charge in [-0.15, -0.1) is 0 Å². The van der Waals surface area contributed by atoms with E-state index in [2.05, 4.69) is 24.4 Å². The van der Waals surface area contributed by atoms with Gasteiger partial charge in [0.05, 0.1) is 33.4 Å². The third-order valence-corrected chi connectivity index (χ3v) is 7.93. The largest absolute Gasteiger partial charge is 0.459 e. The van der Waals surface area contributed by atoms with Gasteiger partial charge in [0.1, 0.15) is 12.1 Å². The molecular formula is C33H54N3O4+. The lowest BCUT2D eigenvalue weighted by Gasteiger charge is -2.36. The lowest BCUT2D eigenvalue weighted by Crippen LogP contribution is -2.39. The molecule has 0 aliphatic heterocycles. The fourth-order valence-electron chi connectivity index (χ4n) is 5.87. The number of hydrogen-bond acceptors (Lipinski definition) is 6. The van der Waals surface area contributed by atoms with Gasteiger partial charge in [-0.1, -0.05) is 68.9 Å². The van der Waals surface area contributed by atoms with E-state index in [-0.39, 0.29) is 18.4 Å². The van der Waals surface area contributed by atoms with Gasteiger partial charge < -0.3 is 24.1 Å². The van der Waals surface area contributed by atoms with Gasteiger partial charge in [-0.2, -0.15) is 0 Å². The van der Waals surface area contributed by atoms with Gasteiger partial charge >= 0.3 is 5.97 Å². The zero-order valence-corrected chi connectivity index (χ0v) is 25.7. The van der Waals surface area contributed by atoms with Crippen molar-refractivity contribution in [3.63, 3.8) is 0 Å².